The Morgan fingerprint density at radius 2 is 2.42 bits per heavy atom. The number of hydrogen-bond donors (Lipinski definition) is 0. The fourth-order valence-corrected chi connectivity index (χ4v) is 1.50. The molecule has 3 nitrogen and oxygen atoms in total. The molecule has 1 aliphatic carbocycles. The van der Waals surface area contributed by atoms with Crippen molar-refractivity contribution in [3.63, 3.8) is 0 Å². The summed E-state index contributed by atoms with van der Waals surface area (Å²) in [7, 11) is 0. The zero-order chi connectivity index (χ0) is 8.60. The number of aromatic nitrogens is 3. The maximum Gasteiger partial charge on any atom is 0.147 e. The SMILES string of the molecule is CC1(Cn2cnnc2CCl)CC1. The molecule has 0 atom stereocenters. The molecule has 0 spiro atoms. The molecule has 4 heteroatoms. The normalized spacial score (nSPS) is 19.5. The van der Waals surface area contributed by atoms with E-state index in [1.165, 1.54) is 12.8 Å². The lowest BCUT2D eigenvalue weighted by Gasteiger charge is -2.09. The van der Waals surface area contributed by atoms with Crippen molar-refractivity contribution in [3.05, 3.63) is 12.2 Å². The van der Waals surface area contributed by atoms with E-state index in [1.807, 2.05) is 0 Å². The Balaban J connectivity index is 2.11. The minimum absolute atomic E-state index is 0.454. The number of halogens is 1. The predicted molar refractivity (Wildman–Crippen MR) is 46.9 cm³/mol. The molecule has 0 bridgehead atoms. The summed E-state index contributed by atoms with van der Waals surface area (Å²) in [5, 5.41) is 7.76. The number of nitrogens with zero attached hydrogens (tertiary/aromatic N) is 3. The third-order valence-electron chi connectivity index (χ3n) is 2.47. The number of rotatable bonds is 3. The van der Waals surface area contributed by atoms with Crippen molar-refractivity contribution in [2.75, 3.05) is 0 Å². The van der Waals surface area contributed by atoms with Crippen LogP contribution in [0.2, 0.25) is 0 Å². The highest BCUT2D eigenvalue weighted by Gasteiger charge is 2.37. The Morgan fingerprint density at radius 1 is 1.67 bits per heavy atom. The third-order valence-corrected chi connectivity index (χ3v) is 2.71. The van der Waals surface area contributed by atoms with E-state index in [0.29, 0.717) is 11.3 Å². The van der Waals surface area contributed by atoms with Crippen LogP contribution in [0.25, 0.3) is 0 Å². The summed E-state index contributed by atoms with van der Waals surface area (Å²) in [6, 6.07) is 0. The van der Waals surface area contributed by atoms with Gasteiger partial charge in [0.1, 0.15) is 12.2 Å². The Kier molecular flexibility index (Phi) is 1.83. The second-order valence-electron chi connectivity index (χ2n) is 3.82. The minimum atomic E-state index is 0.454. The van der Waals surface area contributed by atoms with Crippen LogP contribution >= 0.6 is 11.6 Å². The summed E-state index contributed by atoms with van der Waals surface area (Å²) in [6.45, 7) is 3.30. The van der Waals surface area contributed by atoms with Gasteiger partial charge in [-0.1, -0.05) is 6.92 Å². The Bertz CT molecular complexity index is 278. The van der Waals surface area contributed by atoms with Crippen LogP contribution in [0, 0.1) is 5.41 Å². The summed E-state index contributed by atoms with van der Waals surface area (Å²) in [6.07, 6.45) is 4.39. The second kappa shape index (κ2) is 2.73. The second-order valence-corrected chi connectivity index (χ2v) is 4.09. The van der Waals surface area contributed by atoms with Crippen molar-refractivity contribution in [1.29, 1.82) is 0 Å². The summed E-state index contributed by atoms with van der Waals surface area (Å²) in [5.41, 5.74) is 0.489. The van der Waals surface area contributed by atoms with Gasteiger partial charge in [-0.15, -0.1) is 21.8 Å². The van der Waals surface area contributed by atoms with Gasteiger partial charge in [-0.05, 0) is 18.3 Å². The molecule has 0 unspecified atom stereocenters. The fraction of sp³-hybridized carbons (Fsp3) is 0.750. The highest BCUT2D eigenvalue weighted by atomic mass is 35.5. The van der Waals surface area contributed by atoms with Gasteiger partial charge in [0.2, 0.25) is 0 Å². The van der Waals surface area contributed by atoms with E-state index in [0.717, 1.165) is 12.4 Å². The summed E-state index contributed by atoms with van der Waals surface area (Å²) < 4.78 is 2.06. The van der Waals surface area contributed by atoms with Crippen LogP contribution in [0.5, 0.6) is 0 Å². The van der Waals surface area contributed by atoms with Crippen LogP contribution < -0.4 is 0 Å². The Hall–Kier alpha value is -0.570. The van der Waals surface area contributed by atoms with Gasteiger partial charge in [-0.25, -0.2) is 0 Å². The van der Waals surface area contributed by atoms with Crippen molar-refractivity contribution in [3.8, 4) is 0 Å². The monoisotopic (exact) mass is 185 g/mol. The first-order valence-electron chi connectivity index (χ1n) is 4.16. The van der Waals surface area contributed by atoms with Crippen molar-refractivity contribution >= 4 is 11.6 Å². The average Bonchev–Trinajstić information content (AvgIpc) is 2.64. The summed E-state index contributed by atoms with van der Waals surface area (Å²) in [5.74, 6) is 1.33. The molecule has 66 valence electrons. The first kappa shape index (κ1) is 8.05. The Morgan fingerprint density at radius 3 is 3.00 bits per heavy atom. The molecule has 0 aromatic carbocycles. The molecular formula is C8H12ClN3. The van der Waals surface area contributed by atoms with Gasteiger partial charge in [-0.3, -0.25) is 0 Å². The topological polar surface area (TPSA) is 30.7 Å². The van der Waals surface area contributed by atoms with E-state index in [2.05, 4.69) is 21.7 Å². The largest absolute Gasteiger partial charge is 0.316 e. The van der Waals surface area contributed by atoms with Crippen LogP contribution in [0.15, 0.2) is 6.33 Å². The van der Waals surface area contributed by atoms with E-state index in [4.69, 9.17) is 11.6 Å². The van der Waals surface area contributed by atoms with Gasteiger partial charge in [0, 0.05) is 6.54 Å². The van der Waals surface area contributed by atoms with Gasteiger partial charge >= 0.3 is 0 Å². The number of alkyl halides is 1. The zero-order valence-corrected chi connectivity index (χ0v) is 7.88. The van der Waals surface area contributed by atoms with Gasteiger partial charge in [0.15, 0.2) is 0 Å². The van der Waals surface area contributed by atoms with Crippen molar-refractivity contribution in [2.45, 2.75) is 32.2 Å². The molecule has 1 aromatic heterocycles. The predicted octanol–water partition coefficient (Wildman–Crippen LogP) is 1.82. The zero-order valence-electron chi connectivity index (χ0n) is 7.13. The van der Waals surface area contributed by atoms with Crippen LogP contribution in [0.4, 0.5) is 0 Å². The smallest absolute Gasteiger partial charge is 0.147 e. The lowest BCUT2D eigenvalue weighted by Crippen LogP contribution is -2.09. The molecule has 1 aliphatic rings. The van der Waals surface area contributed by atoms with E-state index in [9.17, 15) is 0 Å². The van der Waals surface area contributed by atoms with Crippen LogP contribution in [0.1, 0.15) is 25.6 Å². The van der Waals surface area contributed by atoms with E-state index >= 15 is 0 Å². The molecule has 0 aliphatic heterocycles. The molecule has 1 fully saturated rings. The third kappa shape index (κ3) is 1.46. The molecule has 1 saturated carbocycles. The molecule has 0 amide bonds. The number of hydrogen-bond acceptors (Lipinski definition) is 2. The van der Waals surface area contributed by atoms with Gasteiger partial charge < -0.3 is 4.57 Å². The van der Waals surface area contributed by atoms with Crippen molar-refractivity contribution in [1.82, 2.24) is 14.8 Å². The van der Waals surface area contributed by atoms with E-state index in [1.54, 1.807) is 6.33 Å². The van der Waals surface area contributed by atoms with Gasteiger partial charge in [0.05, 0.1) is 5.88 Å². The summed E-state index contributed by atoms with van der Waals surface area (Å²) >= 11 is 5.70. The quantitative estimate of drug-likeness (QED) is 0.673. The van der Waals surface area contributed by atoms with Crippen molar-refractivity contribution < 1.29 is 0 Å². The standard InChI is InChI=1S/C8H12ClN3/c1-8(2-3-8)5-12-6-10-11-7(12)4-9/h6H,2-5H2,1H3. The molecule has 0 N–H and O–H groups in total. The average molecular weight is 186 g/mol. The maximum atomic E-state index is 5.70. The highest BCUT2D eigenvalue weighted by Crippen LogP contribution is 2.46. The highest BCUT2D eigenvalue weighted by molar-refractivity contribution is 6.16. The fourth-order valence-electron chi connectivity index (χ4n) is 1.30. The first-order valence-corrected chi connectivity index (χ1v) is 4.70. The molecule has 2 rings (SSSR count). The molecule has 0 saturated heterocycles. The van der Waals surface area contributed by atoms with Crippen molar-refractivity contribution in [2.24, 2.45) is 5.41 Å². The maximum absolute atomic E-state index is 5.70. The van der Waals surface area contributed by atoms with Gasteiger partial charge in [-0.2, -0.15) is 0 Å². The molecule has 0 radical (unpaired) electrons. The molecule has 1 aromatic rings. The van der Waals surface area contributed by atoms with Crippen LogP contribution in [0.3, 0.4) is 0 Å². The van der Waals surface area contributed by atoms with E-state index in [-0.39, 0.29) is 0 Å². The van der Waals surface area contributed by atoms with Crippen LogP contribution in [-0.2, 0) is 12.4 Å². The summed E-state index contributed by atoms with van der Waals surface area (Å²) in [4.78, 5) is 0. The van der Waals surface area contributed by atoms with Crippen LogP contribution in [-0.4, -0.2) is 14.8 Å². The lowest BCUT2D eigenvalue weighted by molar-refractivity contribution is 0.456. The molecule has 1 heterocycles. The lowest BCUT2D eigenvalue weighted by atomic mass is 10.1. The van der Waals surface area contributed by atoms with E-state index < -0.39 is 0 Å². The molecule has 12 heavy (non-hydrogen) atoms. The van der Waals surface area contributed by atoms with Gasteiger partial charge in [0.25, 0.3) is 0 Å². The Labute approximate surface area is 76.7 Å². The first-order chi connectivity index (χ1) is 5.73. The molecular weight excluding hydrogens is 174 g/mol. The minimum Gasteiger partial charge on any atom is -0.316 e.